The average Bonchev–Trinajstić information content (AvgIpc) is 3.13. The Bertz CT molecular complexity index is 913. The van der Waals surface area contributed by atoms with E-state index in [1.54, 1.807) is 4.52 Å². The smallest absolute Gasteiger partial charge is 0.214 e. The molecule has 0 radical (unpaired) electrons. The first-order valence-corrected chi connectivity index (χ1v) is 9.34. The van der Waals surface area contributed by atoms with Gasteiger partial charge in [-0.05, 0) is 24.1 Å². The van der Waals surface area contributed by atoms with E-state index in [4.69, 9.17) is 9.47 Å². The minimum Gasteiger partial charge on any atom is -0.467 e. The number of ether oxygens (including phenoxy) is 2. The molecule has 6 nitrogen and oxygen atoms in total. The van der Waals surface area contributed by atoms with Crippen molar-refractivity contribution in [2.24, 2.45) is 0 Å². The van der Waals surface area contributed by atoms with Crippen LogP contribution in [0.15, 0.2) is 18.3 Å². The Hall–Kier alpha value is -2.19. The molecule has 1 aliphatic heterocycles. The summed E-state index contributed by atoms with van der Waals surface area (Å²) in [6.45, 7) is 7.61. The van der Waals surface area contributed by atoms with Crippen molar-refractivity contribution in [3.8, 4) is 5.75 Å². The van der Waals surface area contributed by atoms with Crippen molar-refractivity contribution >= 4 is 21.4 Å². The third kappa shape index (κ3) is 3.39. The van der Waals surface area contributed by atoms with E-state index in [9.17, 15) is 4.39 Å². The van der Waals surface area contributed by atoms with Gasteiger partial charge in [-0.2, -0.15) is 0 Å². The number of anilines is 1. The van der Waals surface area contributed by atoms with Gasteiger partial charge in [0.05, 0.1) is 18.5 Å². The molecule has 0 aliphatic carbocycles. The van der Waals surface area contributed by atoms with Crippen LogP contribution in [-0.4, -0.2) is 27.9 Å². The van der Waals surface area contributed by atoms with E-state index in [0.717, 1.165) is 32.7 Å². The highest BCUT2D eigenvalue weighted by atomic mass is 32.1. The van der Waals surface area contributed by atoms with Gasteiger partial charge in [-0.1, -0.05) is 32.1 Å². The molecular formula is C18H21FN4O2S. The molecule has 4 rings (SSSR count). The van der Waals surface area contributed by atoms with Crippen molar-refractivity contribution in [2.75, 3.05) is 18.7 Å². The number of hydrogen-bond donors (Lipinski definition) is 1. The molecule has 26 heavy (non-hydrogen) atoms. The molecule has 138 valence electrons. The molecule has 0 bridgehead atoms. The van der Waals surface area contributed by atoms with E-state index >= 15 is 0 Å². The van der Waals surface area contributed by atoms with E-state index in [0.29, 0.717) is 19.6 Å². The SMILES string of the molecule is CC(C)(C)c1cn2nc(NCCc3cc(F)cc4c3OCOC4)sc2n1. The van der Waals surface area contributed by atoms with Crippen LogP contribution in [0.3, 0.4) is 0 Å². The van der Waals surface area contributed by atoms with Crippen LogP contribution in [0.1, 0.15) is 37.6 Å². The number of aromatic nitrogens is 3. The lowest BCUT2D eigenvalue weighted by Gasteiger charge is -2.20. The highest BCUT2D eigenvalue weighted by Crippen LogP contribution is 2.30. The summed E-state index contributed by atoms with van der Waals surface area (Å²) in [5.74, 6) is 0.471. The van der Waals surface area contributed by atoms with Crippen LogP contribution in [0.5, 0.6) is 5.75 Å². The molecule has 3 heterocycles. The molecular weight excluding hydrogens is 355 g/mol. The Morgan fingerprint density at radius 3 is 2.96 bits per heavy atom. The van der Waals surface area contributed by atoms with Crippen molar-refractivity contribution < 1.29 is 13.9 Å². The van der Waals surface area contributed by atoms with Crippen molar-refractivity contribution in [1.82, 2.24) is 14.6 Å². The predicted octanol–water partition coefficient (Wildman–Crippen LogP) is 3.75. The highest BCUT2D eigenvalue weighted by molar-refractivity contribution is 7.20. The second-order valence-corrected chi connectivity index (χ2v) is 8.31. The molecule has 0 fully saturated rings. The third-order valence-corrected chi connectivity index (χ3v) is 5.11. The van der Waals surface area contributed by atoms with E-state index in [1.165, 1.54) is 23.5 Å². The molecule has 1 aliphatic rings. The molecule has 0 spiro atoms. The third-order valence-electron chi connectivity index (χ3n) is 4.23. The van der Waals surface area contributed by atoms with Gasteiger partial charge >= 0.3 is 0 Å². The maximum absolute atomic E-state index is 13.8. The van der Waals surface area contributed by atoms with Crippen LogP contribution < -0.4 is 10.1 Å². The first-order chi connectivity index (χ1) is 12.4. The lowest BCUT2D eigenvalue weighted by Crippen LogP contribution is -2.15. The lowest BCUT2D eigenvalue weighted by molar-refractivity contribution is -0.0172. The standard InChI is InChI=1S/C18H21FN4O2S/c1-18(2,3)14-8-23-17(21-14)26-16(22-23)20-5-4-11-6-13(19)7-12-9-24-10-25-15(11)12/h6-8H,4-5,9-10H2,1-3H3,(H,20,22). The molecule has 0 amide bonds. The van der Waals surface area contributed by atoms with Gasteiger partial charge in [0.1, 0.15) is 11.6 Å². The molecule has 1 aromatic carbocycles. The summed E-state index contributed by atoms with van der Waals surface area (Å²) in [6.07, 6.45) is 2.60. The van der Waals surface area contributed by atoms with Gasteiger partial charge in [-0.3, -0.25) is 0 Å². The number of imidazole rings is 1. The van der Waals surface area contributed by atoms with Crippen LogP contribution in [0, 0.1) is 5.82 Å². The van der Waals surface area contributed by atoms with Gasteiger partial charge in [0, 0.05) is 17.5 Å². The van der Waals surface area contributed by atoms with Crippen LogP contribution in [-0.2, 0) is 23.2 Å². The van der Waals surface area contributed by atoms with Crippen LogP contribution in [0.4, 0.5) is 9.52 Å². The first kappa shape index (κ1) is 17.2. The number of halogens is 1. The van der Waals surface area contributed by atoms with Gasteiger partial charge in [-0.25, -0.2) is 13.9 Å². The van der Waals surface area contributed by atoms with Crippen molar-refractivity contribution in [1.29, 1.82) is 0 Å². The number of fused-ring (bicyclic) bond motifs is 2. The zero-order chi connectivity index (χ0) is 18.3. The van der Waals surface area contributed by atoms with Gasteiger partial charge in [-0.15, -0.1) is 5.10 Å². The minimum absolute atomic E-state index is 0.00119. The molecule has 0 saturated heterocycles. The number of benzene rings is 1. The normalized spacial score (nSPS) is 14.3. The Labute approximate surface area is 155 Å². The number of nitrogens with one attached hydrogen (secondary N) is 1. The minimum atomic E-state index is -0.268. The van der Waals surface area contributed by atoms with E-state index < -0.39 is 0 Å². The zero-order valence-electron chi connectivity index (χ0n) is 15.0. The molecule has 0 atom stereocenters. The van der Waals surface area contributed by atoms with Crippen LogP contribution in [0.2, 0.25) is 0 Å². The first-order valence-electron chi connectivity index (χ1n) is 8.52. The number of rotatable bonds is 4. The second-order valence-electron chi connectivity index (χ2n) is 7.35. The molecule has 0 unspecified atom stereocenters. The van der Waals surface area contributed by atoms with E-state index in [2.05, 4.69) is 36.2 Å². The number of hydrogen-bond acceptors (Lipinski definition) is 6. The van der Waals surface area contributed by atoms with Crippen LogP contribution >= 0.6 is 11.3 Å². The fourth-order valence-electron chi connectivity index (χ4n) is 2.88. The van der Waals surface area contributed by atoms with Crippen molar-refractivity contribution in [3.63, 3.8) is 0 Å². The number of nitrogens with zero attached hydrogens (tertiary/aromatic N) is 3. The average molecular weight is 376 g/mol. The van der Waals surface area contributed by atoms with Gasteiger partial charge in [0.15, 0.2) is 6.79 Å². The van der Waals surface area contributed by atoms with E-state index in [1.807, 2.05) is 6.20 Å². The summed E-state index contributed by atoms with van der Waals surface area (Å²) in [5, 5.41) is 8.60. The Morgan fingerprint density at radius 2 is 2.19 bits per heavy atom. The summed E-state index contributed by atoms with van der Waals surface area (Å²) in [7, 11) is 0. The molecule has 2 aromatic heterocycles. The molecule has 0 saturated carbocycles. The maximum atomic E-state index is 13.8. The van der Waals surface area contributed by atoms with Crippen molar-refractivity contribution in [3.05, 3.63) is 41.0 Å². The topological polar surface area (TPSA) is 60.7 Å². The summed E-state index contributed by atoms with van der Waals surface area (Å²) in [4.78, 5) is 5.50. The van der Waals surface area contributed by atoms with Gasteiger partial charge < -0.3 is 14.8 Å². The molecule has 3 aromatic rings. The molecule has 8 heteroatoms. The maximum Gasteiger partial charge on any atom is 0.214 e. The highest BCUT2D eigenvalue weighted by Gasteiger charge is 2.20. The lowest BCUT2D eigenvalue weighted by atomic mass is 9.93. The van der Waals surface area contributed by atoms with Gasteiger partial charge in [0.25, 0.3) is 0 Å². The second kappa shape index (κ2) is 6.51. The summed E-state index contributed by atoms with van der Waals surface area (Å²) >= 11 is 1.51. The Kier molecular flexibility index (Phi) is 4.32. The Morgan fingerprint density at radius 1 is 1.35 bits per heavy atom. The largest absolute Gasteiger partial charge is 0.467 e. The monoisotopic (exact) mass is 376 g/mol. The van der Waals surface area contributed by atoms with Gasteiger partial charge in [0.2, 0.25) is 10.1 Å². The fraction of sp³-hybridized carbons (Fsp3) is 0.444. The summed E-state index contributed by atoms with van der Waals surface area (Å²) in [5.41, 5.74) is 2.62. The van der Waals surface area contributed by atoms with E-state index in [-0.39, 0.29) is 18.0 Å². The Balaban J connectivity index is 1.44. The van der Waals surface area contributed by atoms with Crippen LogP contribution in [0.25, 0.3) is 4.96 Å². The predicted molar refractivity (Wildman–Crippen MR) is 98.4 cm³/mol. The molecule has 1 N–H and O–H groups in total. The zero-order valence-corrected chi connectivity index (χ0v) is 15.8. The quantitative estimate of drug-likeness (QED) is 0.751. The fourth-order valence-corrected chi connectivity index (χ4v) is 3.69. The summed E-state index contributed by atoms with van der Waals surface area (Å²) < 4.78 is 26.4. The summed E-state index contributed by atoms with van der Waals surface area (Å²) in [6, 6.07) is 2.99. The van der Waals surface area contributed by atoms with Crippen molar-refractivity contribution in [2.45, 2.75) is 39.2 Å².